The molecule has 0 bridgehead atoms. The molecular formula is C11H18N2O3S2. The molecule has 0 aliphatic carbocycles. The van der Waals surface area contributed by atoms with Gasteiger partial charge in [-0.05, 0) is 11.1 Å². The minimum atomic E-state index is -3.37. The first-order valence-electron chi connectivity index (χ1n) is 5.48. The van der Waals surface area contributed by atoms with Crippen molar-refractivity contribution < 1.29 is 12.6 Å². The fraction of sp³-hybridized carbons (Fsp3) is 0.455. The zero-order valence-electron chi connectivity index (χ0n) is 10.3. The average molecular weight is 290 g/mol. The molecule has 0 fully saturated rings. The van der Waals surface area contributed by atoms with Crippen LogP contribution in [-0.2, 0) is 33.1 Å². The summed E-state index contributed by atoms with van der Waals surface area (Å²) >= 11 is 0. The number of rotatable bonds is 7. The van der Waals surface area contributed by atoms with E-state index in [0.717, 1.165) is 5.56 Å². The Morgan fingerprint density at radius 3 is 2.28 bits per heavy atom. The Bertz CT molecular complexity index is 498. The highest BCUT2D eigenvalue weighted by Crippen LogP contribution is 2.07. The predicted molar refractivity (Wildman–Crippen MR) is 73.9 cm³/mol. The van der Waals surface area contributed by atoms with Gasteiger partial charge in [0.05, 0.1) is 5.75 Å². The van der Waals surface area contributed by atoms with Crippen molar-refractivity contribution in [2.75, 3.05) is 18.6 Å². The summed E-state index contributed by atoms with van der Waals surface area (Å²) in [5.74, 6) is 0.250. The SMILES string of the molecule is CS(=O)CCNS(=O)(=O)Cc1ccc(CN)cc1. The van der Waals surface area contributed by atoms with Gasteiger partial charge in [0, 0.05) is 35.9 Å². The Kier molecular flexibility index (Phi) is 5.94. The van der Waals surface area contributed by atoms with Crippen LogP contribution in [0.15, 0.2) is 24.3 Å². The van der Waals surface area contributed by atoms with Crippen LogP contribution < -0.4 is 10.5 Å². The van der Waals surface area contributed by atoms with Gasteiger partial charge in [-0.3, -0.25) is 4.21 Å². The Morgan fingerprint density at radius 1 is 1.22 bits per heavy atom. The van der Waals surface area contributed by atoms with Crippen LogP contribution in [0.4, 0.5) is 0 Å². The highest BCUT2D eigenvalue weighted by atomic mass is 32.2. The molecule has 0 aliphatic heterocycles. The molecule has 7 heteroatoms. The molecule has 1 aromatic carbocycles. The molecule has 1 aromatic rings. The third-order valence-corrected chi connectivity index (χ3v) is 4.46. The number of benzene rings is 1. The fourth-order valence-corrected chi connectivity index (χ4v) is 3.05. The highest BCUT2D eigenvalue weighted by Gasteiger charge is 2.10. The second-order valence-corrected chi connectivity index (χ2v) is 7.31. The molecule has 5 nitrogen and oxygen atoms in total. The normalized spacial score (nSPS) is 13.4. The van der Waals surface area contributed by atoms with Crippen molar-refractivity contribution in [1.29, 1.82) is 0 Å². The summed E-state index contributed by atoms with van der Waals surface area (Å²) in [6.45, 7) is 0.639. The van der Waals surface area contributed by atoms with E-state index in [-0.39, 0.29) is 12.3 Å². The molecule has 1 unspecified atom stereocenters. The van der Waals surface area contributed by atoms with Gasteiger partial charge in [0.1, 0.15) is 0 Å². The zero-order valence-corrected chi connectivity index (χ0v) is 11.9. The minimum absolute atomic E-state index is 0.0752. The van der Waals surface area contributed by atoms with Gasteiger partial charge in [-0.25, -0.2) is 13.1 Å². The Morgan fingerprint density at radius 2 is 1.78 bits per heavy atom. The molecule has 102 valence electrons. The van der Waals surface area contributed by atoms with Gasteiger partial charge in [0.2, 0.25) is 10.0 Å². The lowest BCUT2D eigenvalue weighted by molar-refractivity contribution is 0.583. The Hall–Kier alpha value is -0.760. The van der Waals surface area contributed by atoms with Crippen LogP contribution in [0.3, 0.4) is 0 Å². The number of hydrogen-bond donors (Lipinski definition) is 2. The maximum Gasteiger partial charge on any atom is 0.215 e. The first-order valence-corrected chi connectivity index (χ1v) is 8.86. The summed E-state index contributed by atoms with van der Waals surface area (Å²) in [4.78, 5) is 0. The van der Waals surface area contributed by atoms with Gasteiger partial charge in [0.15, 0.2) is 0 Å². The summed E-state index contributed by atoms with van der Waals surface area (Å²) in [7, 11) is -4.36. The molecule has 0 heterocycles. The third kappa shape index (κ3) is 5.72. The molecule has 0 amide bonds. The van der Waals surface area contributed by atoms with Gasteiger partial charge in [-0.15, -0.1) is 0 Å². The molecule has 1 rings (SSSR count). The van der Waals surface area contributed by atoms with E-state index >= 15 is 0 Å². The molecule has 0 radical (unpaired) electrons. The predicted octanol–water partition coefficient (Wildman–Crippen LogP) is -0.0568. The van der Waals surface area contributed by atoms with Crippen molar-refractivity contribution in [3.8, 4) is 0 Å². The number of hydrogen-bond acceptors (Lipinski definition) is 4. The molecular weight excluding hydrogens is 272 g/mol. The van der Waals surface area contributed by atoms with E-state index < -0.39 is 20.8 Å². The summed E-state index contributed by atoms with van der Waals surface area (Å²) in [5, 5.41) is 0. The Balaban J connectivity index is 2.56. The van der Waals surface area contributed by atoms with E-state index in [1.165, 1.54) is 0 Å². The van der Waals surface area contributed by atoms with Crippen molar-refractivity contribution in [2.24, 2.45) is 5.73 Å². The first kappa shape index (κ1) is 15.3. The smallest absolute Gasteiger partial charge is 0.215 e. The average Bonchev–Trinajstić information content (AvgIpc) is 2.28. The largest absolute Gasteiger partial charge is 0.326 e. The van der Waals surface area contributed by atoms with Gasteiger partial charge < -0.3 is 5.73 Å². The lowest BCUT2D eigenvalue weighted by atomic mass is 10.1. The highest BCUT2D eigenvalue weighted by molar-refractivity contribution is 7.88. The lowest BCUT2D eigenvalue weighted by Gasteiger charge is -2.06. The number of nitrogens with one attached hydrogen (secondary N) is 1. The summed E-state index contributed by atoms with van der Waals surface area (Å²) < 4.78 is 36.6. The molecule has 0 saturated heterocycles. The fourth-order valence-electron chi connectivity index (χ4n) is 1.38. The standard InChI is InChI=1S/C11H18N2O3S2/c1-17(14)7-6-13-18(15,16)9-11-4-2-10(8-12)3-5-11/h2-5,13H,6-9,12H2,1H3. The molecule has 0 aromatic heterocycles. The minimum Gasteiger partial charge on any atom is -0.326 e. The summed E-state index contributed by atoms with van der Waals surface area (Å²) in [5.41, 5.74) is 7.13. The van der Waals surface area contributed by atoms with E-state index in [4.69, 9.17) is 5.73 Å². The van der Waals surface area contributed by atoms with Crippen molar-refractivity contribution in [3.05, 3.63) is 35.4 Å². The van der Waals surface area contributed by atoms with Crippen LogP contribution >= 0.6 is 0 Å². The molecule has 0 spiro atoms. The second-order valence-electron chi connectivity index (χ2n) is 3.95. The van der Waals surface area contributed by atoms with Crippen molar-refractivity contribution >= 4 is 20.8 Å². The Labute approximate surface area is 110 Å². The molecule has 0 saturated carbocycles. The van der Waals surface area contributed by atoms with Crippen LogP contribution in [-0.4, -0.2) is 31.2 Å². The van der Waals surface area contributed by atoms with Crippen LogP contribution in [0.5, 0.6) is 0 Å². The van der Waals surface area contributed by atoms with Crippen LogP contribution in [0.25, 0.3) is 0 Å². The molecule has 1 atom stereocenters. The third-order valence-electron chi connectivity index (χ3n) is 2.33. The van der Waals surface area contributed by atoms with E-state index in [1.54, 1.807) is 18.4 Å². The lowest BCUT2D eigenvalue weighted by Crippen LogP contribution is -2.28. The van der Waals surface area contributed by atoms with Crippen LogP contribution in [0.1, 0.15) is 11.1 Å². The van der Waals surface area contributed by atoms with Crippen LogP contribution in [0.2, 0.25) is 0 Å². The van der Waals surface area contributed by atoms with Gasteiger partial charge in [0.25, 0.3) is 0 Å². The zero-order chi connectivity index (χ0) is 13.6. The van der Waals surface area contributed by atoms with Crippen molar-refractivity contribution in [3.63, 3.8) is 0 Å². The van der Waals surface area contributed by atoms with Crippen molar-refractivity contribution in [2.45, 2.75) is 12.3 Å². The van der Waals surface area contributed by atoms with Gasteiger partial charge in [-0.1, -0.05) is 24.3 Å². The van der Waals surface area contributed by atoms with Gasteiger partial charge in [-0.2, -0.15) is 0 Å². The quantitative estimate of drug-likeness (QED) is 0.736. The second kappa shape index (κ2) is 6.98. The van der Waals surface area contributed by atoms with Crippen molar-refractivity contribution in [1.82, 2.24) is 4.72 Å². The molecule has 3 N–H and O–H groups in total. The molecule has 18 heavy (non-hydrogen) atoms. The van der Waals surface area contributed by atoms with E-state index in [2.05, 4.69) is 4.72 Å². The molecule has 0 aliphatic rings. The monoisotopic (exact) mass is 290 g/mol. The van der Waals surface area contributed by atoms with E-state index in [1.807, 2.05) is 12.1 Å². The maximum absolute atomic E-state index is 11.7. The topological polar surface area (TPSA) is 89.3 Å². The number of nitrogens with two attached hydrogens (primary N) is 1. The number of sulfonamides is 1. The first-order chi connectivity index (χ1) is 8.43. The van der Waals surface area contributed by atoms with E-state index in [0.29, 0.717) is 17.9 Å². The maximum atomic E-state index is 11.7. The van der Waals surface area contributed by atoms with E-state index in [9.17, 15) is 12.6 Å². The summed E-state index contributed by atoms with van der Waals surface area (Å²) in [6, 6.07) is 7.12. The van der Waals surface area contributed by atoms with Crippen LogP contribution in [0, 0.1) is 0 Å². The summed E-state index contributed by atoms with van der Waals surface area (Å²) in [6.07, 6.45) is 1.54. The van der Waals surface area contributed by atoms with Gasteiger partial charge >= 0.3 is 0 Å².